The van der Waals surface area contributed by atoms with E-state index < -0.39 is 19.9 Å². The Morgan fingerprint density at radius 1 is 1.30 bits per heavy atom. The van der Waals surface area contributed by atoms with Gasteiger partial charge >= 0.3 is 0 Å². The molecule has 0 radical (unpaired) electrons. The van der Waals surface area contributed by atoms with E-state index in [2.05, 4.69) is 15.0 Å². The molecule has 0 aliphatic carbocycles. The van der Waals surface area contributed by atoms with Crippen LogP contribution >= 0.6 is 0 Å². The second-order valence-corrected chi connectivity index (χ2v) is 8.45. The zero-order valence-corrected chi connectivity index (χ0v) is 12.7. The van der Waals surface area contributed by atoms with Crippen molar-refractivity contribution < 1.29 is 16.8 Å². The fourth-order valence-corrected chi connectivity index (χ4v) is 3.76. The van der Waals surface area contributed by atoms with Gasteiger partial charge in [0.1, 0.15) is 4.90 Å². The van der Waals surface area contributed by atoms with Crippen LogP contribution in [0.25, 0.3) is 0 Å². The molecule has 1 aromatic rings. The number of sulfonamides is 1. The minimum absolute atomic E-state index is 0.0320. The van der Waals surface area contributed by atoms with Crippen LogP contribution in [0, 0.1) is 0 Å². The lowest BCUT2D eigenvalue weighted by Gasteiger charge is -2.23. The summed E-state index contributed by atoms with van der Waals surface area (Å²) >= 11 is 0. The van der Waals surface area contributed by atoms with E-state index in [4.69, 9.17) is 0 Å². The Kier molecular flexibility index (Phi) is 4.43. The number of nitrogens with one attached hydrogen (secondary N) is 2. The van der Waals surface area contributed by atoms with Crippen LogP contribution in [-0.2, 0) is 19.9 Å². The minimum Gasteiger partial charge on any atom is -0.315 e. The van der Waals surface area contributed by atoms with Crippen LogP contribution in [0.15, 0.2) is 28.3 Å². The molecule has 2 N–H and O–H groups in total. The van der Waals surface area contributed by atoms with Crippen molar-refractivity contribution >= 4 is 19.9 Å². The van der Waals surface area contributed by atoms with Gasteiger partial charge < -0.3 is 5.32 Å². The molecule has 0 amide bonds. The lowest BCUT2D eigenvalue weighted by molar-refractivity contribution is 0.428. The monoisotopic (exact) mass is 319 g/mol. The summed E-state index contributed by atoms with van der Waals surface area (Å²) in [6.45, 7) is 1.48. The van der Waals surface area contributed by atoms with Crippen molar-refractivity contribution in [3.63, 3.8) is 0 Å². The van der Waals surface area contributed by atoms with E-state index in [1.165, 1.54) is 12.1 Å². The summed E-state index contributed by atoms with van der Waals surface area (Å²) in [4.78, 5) is 3.65. The number of hydrogen-bond donors (Lipinski definition) is 2. The van der Waals surface area contributed by atoms with Crippen LogP contribution in [0.5, 0.6) is 0 Å². The fourth-order valence-electron chi connectivity index (χ4n) is 1.98. The standard InChI is InChI=1S/C11H17N3O4S2/c1-19(15,16)11-5-4-10(8-13-11)20(17,18)14-9-3-2-6-12-7-9/h4-5,8-9,12,14H,2-3,6-7H2,1H3/t9-/m1/s1. The third-order valence-corrected chi connectivity index (χ3v) is 5.53. The smallest absolute Gasteiger partial charge is 0.242 e. The quantitative estimate of drug-likeness (QED) is 0.776. The molecular formula is C11H17N3O4S2. The van der Waals surface area contributed by atoms with Gasteiger partial charge in [-0.05, 0) is 31.5 Å². The molecule has 20 heavy (non-hydrogen) atoms. The molecule has 112 valence electrons. The summed E-state index contributed by atoms with van der Waals surface area (Å²) in [5.41, 5.74) is 0. The molecule has 2 rings (SSSR count). The predicted molar refractivity (Wildman–Crippen MR) is 73.6 cm³/mol. The third-order valence-electron chi connectivity index (χ3n) is 3.02. The third kappa shape index (κ3) is 3.75. The maximum absolute atomic E-state index is 12.1. The highest BCUT2D eigenvalue weighted by atomic mass is 32.2. The summed E-state index contributed by atoms with van der Waals surface area (Å²) in [7, 11) is -7.10. The largest absolute Gasteiger partial charge is 0.315 e. The number of rotatable bonds is 4. The van der Waals surface area contributed by atoms with E-state index in [9.17, 15) is 16.8 Å². The van der Waals surface area contributed by atoms with Crippen molar-refractivity contribution in [2.24, 2.45) is 0 Å². The first-order valence-electron chi connectivity index (χ1n) is 6.18. The van der Waals surface area contributed by atoms with Crippen LogP contribution in [-0.4, -0.2) is 47.2 Å². The van der Waals surface area contributed by atoms with Gasteiger partial charge in [-0.2, -0.15) is 0 Å². The minimum atomic E-state index is -3.67. The van der Waals surface area contributed by atoms with E-state index in [1.54, 1.807) is 0 Å². The Balaban J connectivity index is 2.17. The van der Waals surface area contributed by atoms with Crippen molar-refractivity contribution in [2.45, 2.75) is 28.8 Å². The molecule has 1 aliphatic heterocycles. The molecule has 0 spiro atoms. The molecule has 0 aromatic carbocycles. The Morgan fingerprint density at radius 2 is 2.05 bits per heavy atom. The Bertz CT molecular complexity index is 662. The zero-order chi connectivity index (χ0) is 14.8. The normalized spacial score (nSPS) is 20.8. The highest BCUT2D eigenvalue weighted by Crippen LogP contribution is 2.13. The molecular weight excluding hydrogens is 302 g/mol. The van der Waals surface area contributed by atoms with Gasteiger partial charge in [0.2, 0.25) is 10.0 Å². The van der Waals surface area contributed by atoms with E-state index in [-0.39, 0.29) is 16.0 Å². The van der Waals surface area contributed by atoms with Gasteiger partial charge in [0.15, 0.2) is 14.9 Å². The van der Waals surface area contributed by atoms with Crippen molar-refractivity contribution in [3.05, 3.63) is 18.3 Å². The van der Waals surface area contributed by atoms with Crippen LogP contribution in [0.1, 0.15) is 12.8 Å². The summed E-state index contributed by atoms with van der Waals surface area (Å²) in [5.74, 6) is 0. The molecule has 9 heteroatoms. The highest BCUT2D eigenvalue weighted by Gasteiger charge is 2.22. The van der Waals surface area contributed by atoms with Crippen LogP contribution in [0.3, 0.4) is 0 Å². The van der Waals surface area contributed by atoms with Crippen molar-refractivity contribution in [1.82, 2.24) is 15.0 Å². The first-order valence-corrected chi connectivity index (χ1v) is 9.56. The molecule has 1 aromatic heterocycles. The topological polar surface area (TPSA) is 105 Å². The summed E-state index contributed by atoms with van der Waals surface area (Å²) in [5, 5.41) is 2.97. The molecule has 1 saturated heterocycles. The van der Waals surface area contributed by atoms with Gasteiger partial charge in [0, 0.05) is 25.0 Å². The zero-order valence-electron chi connectivity index (χ0n) is 11.0. The first-order chi connectivity index (χ1) is 9.29. The number of pyridine rings is 1. The number of hydrogen-bond acceptors (Lipinski definition) is 6. The summed E-state index contributed by atoms with van der Waals surface area (Å²) in [6.07, 6.45) is 3.78. The molecule has 0 bridgehead atoms. The number of piperidine rings is 1. The number of nitrogens with zero attached hydrogens (tertiary/aromatic N) is 1. The summed E-state index contributed by atoms with van der Waals surface area (Å²) in [6, 6.07) is 2.30. The van der Waals surface area contributed by atoms with E-state index >= 15 is 0 Å². The molecule has 0 unspecified atom stereocenters. The lowest BCUT2D eigenvalue weighted by Crippen LogP contribution is -2.45. The van der Waals surface area contributed by atoms with Gasteiger partial charge in [-0.1, -0.05) is 0 Å². The Hall–Kier alpha value is -1.03. The van der Waals surface area contributed by atoms with Gasteiger partial charge in [0.05, 0.1) is 0 Å². The maximum atomic E-state index is 12.1. The molecule has 0 saturated carbocycles. The van der Waals surface area contributed by atoms with E-state index in [0.717, 1.165) is 31.8 Å². The fraction of sp³-hybridized carbons (Fsp3) is 0.545. The van der Waals surface area contributed by atoms with Crippen LogP contribution in [0.4, 0.5) is 0 Å². The maximum Gasteiger partial charge on any atom is 0.242 e. The highest BCUT2D eigenvalue weighted by molar-refractivity contribution is 7.90. The average Bonchev–Trinajstić information content (AvgIpc) is 2.38. The lowest BCUT2D eigenvalue weighted by atomic mass is 10.1. The Morgan fingerprint density at radius 3 is 2.55 bits per heavy atom. The Labute approximate surface area is 118 Å². The molecule has 1 atom stereocenters. The van der Waals surface area contributed by atoms with Crippen LogP contribution in [0.2, 0.25) is 0 Å². The predicted octanol–water partition coefficient (Wildman–Crippen LogP) is -0.485. The van der Waals surface area contributed by atoms with Crippen molar-refractivity contribution in [3.8, 4) is 0 Å². The van der Waals surface area contributed by atoms with Crippen molar-refractivity contribution in [2.75, 3.05) is 19.3 Å². The molecule has 2 heterocycles. The van der Waals surface area contributed by atoms with Crippen molar-refractivity contribution in [1.29, 1.82) is 0 Å². The number of aromatic nitrogens is 1. The average molecular weight is 319 g/mol. The van der Waals surface area contributed by atoms with E-state index in [1.807, 2.05) is 0 Å². The second-order valence-electron chi connectivity index (χ2n) is 4.77. The first kappa shape index (κ1) is 15.4. The van der Waals surface area contributed by atoms with Gasteiger partial charge in [-0.25, -0.2) is 26.5 Å². The molecule has 1 fully saturated rings. The molecule has 7 nitrogen and oxygen atoms in total. The van der Waals surface area contributed by atoms with Crippen LogP contribution < -0.4 is 10.0 Å². The van der Waals surface area contributed by atoms with Gasteiger partial charge in [-0.15, -0.1) is 0 Å². The van der Waals surface area contributed by atoms with Gasteiger partial charge in [0.25, 0.3) is 0 Å². The molecule has 1 aliphatic rings. The number of sulfone groups is 1. The SMILES string of the molecule is CS(=O)(=O)c1ccc(S(=O)(=O)N[C@@H]2CCCNC2)cn1. The van der Waals surface area contributed by atoms with Gasteiger partial charge in [-0.3, -0.25) is 0 Å². The second kappa shape index (κ2) is 5.76. The van der Waals surface area contributed by atoms with E-state index in [0.29, 0.717) is 6.54 Å². The summed E-state index contributed by atoms with van der Waals surface area (Å²) < 4.78 is 49.4.